The van der Waals surface area contributed by atoms with Crippen molar-refractivity contribution < 1.29 is 22.5 Å². The van der Waals surface area contributed by atoms with Crippen molar-refractivity contribution in [3.63, 3.8) is 0 Å². The number of aryl methyl sites for hydroxylation is 2. The van der Waals surface area contributed by atoms with E-state index in [1.807, 2.05) is 0 Å². The van der Waals surface area contributed by atoms with Crippen molar-refractivity contribution in [2.24, 2.45) is 7.05 Å². The van der Waals surface area contributed by atoms with Crippen LogP contribution < -0.4 is 5.56 Å². The molecule has 0 aliphatic heterocycles. The predicted octanol–water partition coefficient (Wildman–Crippen LogP) is 3.33. The number of rotatable bonds is 5. The minimum atomic E-state index is -4.40. The minimum Gasteiger partial charge on any atom is -0.330 e. The van der Waals surface area contributed by atoms with E-state index in [9.17, 15) is 32.5 Å². The lowest BCUT2D eigenvalue weighted by molar-refractivity contribution is -0.386. The Morgan fingerprint density at radius 1 is 1.29 bits per heavy atom. The molecule has 0 saturated heterocycles. The molecular formula is C17H14F4N4O3. The Morgan fingerprint density at radius 3 is 2.64 bits per heavy atom. The van der Waals surface area contributed by atoms with E-state index in [0.29, 0.717) is 0 Å². The fourth-order valence-electron chi connectivity index (χ4n) is 2.92. The Hall–Kier alpha value is -3.24. The lowest BCUT2D eigenvalue weighted by Crippen LogP contribution is -2.23. The number of imidazole rings is 1. The number of aromatic nitrogens is 3. The van der Waals surface area contributed by atoms with Crippen LogP contribution in [0.2, 0.25) is 0 Å². The summed E-state index contributed by atoms with van der Waals surface area (Å²) in [6, 6.07) is 4.54. The smallest absolute Gasteiger partial charge is 0.330 e. The molecule has 0 amide bonds. The maximum atomic E-state index is 13.9. The van der Waals surface area contributed by atoms with Gasteiger partial charge in [-0.15, -0.1) is 0 Å². The summed E-state index contributed by atoms with van der Waals surface area (Å²) in [5.41, 5.74) is -0.894. The first kappa shape index (κ1) is 19.5. The van der Waals surface area contributed by atoms with Crippen LogP contribution in [0.4, 0.5) is 23.2 Å². The Bertz CT molecular complexity index is 1120. The number of alkyl halides is 3. The van der Waals surface area contributed by atoms with Crippen molar-refractivity contribution in [1.82, 2.24) is 14.1 Å². The van der Waals surface area contributed by atoms with Crippen LogP contribution in [-0.2, 0) is 20.0 Å². The summed E-state index contributed by atoms with van der Waals surface area (Å²) in [6.07, 6.45) is -4.63. The lowest BCUT2D eigenvalue weighted by atomic mass is 10.1. The van der Waals surface area contributed by atoms with Gasteiger partial charge in [0.25, 0.3) is 0 Å². The third-order valence-electron chi connectivity index (χ3n) is 4.31. The maximum Gasteiger partial charge on any atom is 0.389 e. The molecule has 2 heterocycles. The van der Waals surface area contributed by atoms with E-state index in [1.165, 1.54) is 23.9 Å². The zero-order valence-electron chi connectivity index (χ0n) is 14.5. The number of hydrogen-bond donors (Lipinski definition) is 0. The summed E-state index contributed by atoms with van der Waals surface area (Å²) in [5.74, 6) is -0.455. The van der Waals surface area contributed by atoms with Crippen molar-refractivity contribution >= 4 is 16.7 Å². The number of nitrogens with zero attached hydrogens (tertiary/aromatic N) is 4. The monoisotopic (exact) mass is 398 g/mol. The highest BCUT2D eigenvalue weighted by atomic mass is 19.4. The van der Waals surface area contributed by atoms with Gasteiger partial charge in [0, 0.05) is 25.7 Å². The van der Waals surface area contributed by atoms with Crippen molar-refractivity contribution in [3.05, 3.63) is 68.1 Å². The van der Waals surface area contributed by atoms with Gasteiger partial charge in [-0.25, -0.2) is 9.37 Å². The van der Waals surface area contributed by atoms with Gasteiger partial charge < -0.3 is 9.13 Å². The number of halogens is 4. The third kappa shape index (κ3) is 3.87. The first-order valence-corrected chi connectivity index (χ1v) is 8.11. The van der Waals surface area contributed by atoms with Crippen molar-refractivity contribution in [3.8, 4) is 0 Å². The largest absolute Gasteiger partial charge is 0.389 e. The number of fused-ring (bicyclic) bond motifs is 1. The SMILES string of the molecule is Cn1c(Cn2cccc([N+](=O)[O-])c2=O)nc2c(CCC(F)(F)F)cc(F)cc21. The molecule has 3 aromatic rings. The number of nitro groups is 1. The molecule has 0 N–H and O–H groups in total. The van der Waals surface area contributed by atoms with Gasteiger partial charge >= 0.3 is 17.4 Å². The van der Waals surface area contributed by atoms with Crippen LogP contribution in [0.5, 0.6) is 0 Å². The maximum absolute atomic E-state index is 13.9. The standard InChI is InChI=1S/C17H14F4N4O3/c1-23-13-8-11(18)7-10(4-5-17(19,20)21)15(13)22-14(23)9-24-6-2-3-12(16(24)26)25(27)28/h2-3,6-8H,4-5,9H2,1H3. The summed E-state index contributed by atoms with van der Waals surface area (Å²) in [6.45, 7) is -0.161. The topological polar surface area (TPSA) is 83.0 Å². The highest BCUT2D eigenvalue weighted by Crippen LogP contribution is 2.27. The predicted molar refractivity (Wildman–Crippen MR) is 91.5 cm³/mol. The van der Waals surface area contributed by atoms with Crippen molar-refractivity contribution in [1.29, 1.82) is 0 Å². The number of hydrogen-bond acceptors (Lipinski definition) is 4. The molecule has 0 saturated carbocycles. The molecule has 0 unspecified atom stereocenters. The van der Waals surface area contributed by atoms with Crippen LogP contribution in [0.1, 0.15) is 17.8 Å². The molecule has 148 valence electrons. The summed E-state index contributed by atoms with van der Waals surface area (Å²) >= 11 is 0. The van der Waals surface area contributed by atoms with E-state index in [-0.39, 0.29) is 29.0 Å². The third-order valence-corrected chi connectivity index (χ3v) is 4.31. The first-order chi connectivity index (χ1) is 13.1. The molecule has 0 radical (unpaired) electrons. The second kappa shape index (κ2) is 7.06. The number of pyridine rings is 1. The molecule has 0 atom stereocenters. The van der Waals surface area contributed by atoms with Crippen LogP contribution in [0, 0.1) is 15.9 Å². The van der Waals surface area contributed by atoms with Crippen LogP contribution in [0.3, 0.4) is 0 Å². The fourth-order valence-corrected chi connectivity index (χ4v) is 2.92. The summed E-state index contributed by atoms with van der Waals surface area (Å²) < 4.78 is 54.0. The fraction of sp³-hybridized carbons (Fsp3) is 0.294. The van der Waals surface area contributed by atoms with Crippen molar-refractivity contribution in [2.45, 2.75) is 25.6 Å². The second-order valence-corrected chi connectivity index (χ2v) is 6.22. The average molecular weight is 398 g/mol. The number of benzene rings is 1. The zero-order valence-corrected chi connectivity index (χ0v) is 14.5. The molecule has 28 heavy (non-hydrogen) atoms. The zero-order chi connectivity index (χ0) is 20.6. The van der Waals surface area contributed by atoms with Gasteiger partial charge in [0.2, 0.25) is 0 Å². The van der Waals surface area contributed by atoms with E-state index >= 15 is 0 Å². The first-order valence-electron chi connectivity index (χ1n) is 8.11. The summed E-state index contributed by atoms with van der Waals surface area (Å²) in [7, 11) is 1.53. The molecule has 0 aliphatic rings. The highest BCUT2D eigenvalue weighted by molar-refractivity contribution is 5.80. The van der Waals surface area contributed by atoms with Crippen LogP contribution >= 0.6 is 0 Å². The van der Waals surface area contributed by atoms with Gasteiger partial charge in [-0.1, -0.05) is 0 Å². The Morgan fingerprint density at radius 2 is 2.00 bits per heavy atom. The highest BCUT2D eigenvalue weighted by Gasteiger charge is 2.27. The van der Waals surface area contributed by atoms with Crippen LogP contribution in [-0.4, -0.2) is 25.2 Å². The molecule has 0 aliphatic carbocycles. The van der Waals surface area contributed by atoms with Crippen molar-refractivity contribution in [2.75, 3.05) is 0 Å². The molecule has 0 bridgehead atoms. The molecule has 11 heteroatoms. The Balaban J connectivity index is 2.04. The van der Waals surface area contributed by atoms with Gasteiger partial charge in [0.1, 0.15) is 11.6 Å². The Kier molecular flexibility index (Phi) is 4.92. The van der Waals surface area contributed by atoms with Gasteiger partial charge in [-0.05, 0) is 30.2 Å². The van der Waals surface area contributed by atoms with Gasteiger partial charge in [-0.3, -0.25) is 14.9 Å². The summed E-state index contributed by atoms with van der Waals surface area (Å²) in [4.78, 5) is 26.5. The molecule has 7 nitrogen and oxygen atoms in total. The summed E-state index contributed by atoms with van der Waals surface area (Å²) in [5, 5.41) is 10.9. The van der Waals surface area contributed by atoms with Crippen LogP contribution in [0.25, 0.3) is 11.0 Å². The quantitative estimate of drug-likeness (QED) is 0.375. The molecule has 0 fully saturated rings. The van der Waals surface area contributed by atoms with Gasteiger partial charge in [-0.2, -0.15) is 13.2 Å². The Labute approximate surface area is 155 Å². The molecule has 3 rings (SSSR count). The van der Waals surface area contributed by atoms with E-state index in [2.05, 4.69) is 4.98 Å². The lowest BCUT2D eigenvalue weighted by Gasteiger charge is -2.07. The molecule has 0 spiro atoms. The van der Waals surface area contributed by atoms with E-state index in [4.69, 9.17) is 0 Å². The second-order valence-electron chi connectivity index (χ2n) is 6.22. The van der Waals surface area contributed by atoms with E-state index < -0.39 is 41.0 Å². The van der Waals surface area contributed by atoms with E-state index in [0.717, 1.165) is 22.8 Å². The van der Waals surface area contributed by atoms with Gasteiger partial charge in [0.05, 0.1) is 22.5 Å². The normalized spacial score (nSPS) is 11.9. The van der Waals surface area contributed by atoms with Gasteiger partial charge in [0.15, 0.2) is 0 Å². The molecular weight excluding hydrogens is 384 g/mol. The molecule has 1 aromatic carbocycles. The average Bonchev–Trinajstić information content (AvgIpc) is 2.90. The van der Waals surface area contributed by atoms with Crippen LogP contribution in [0.15, 0.2) is 35.3 Å². The van der Waals surface area contributed by atoms with E-state index in [1.54, 1.807) is 0 Å². The molecule has 2 aromatic heterocycles. The minimum absolute atomic E-state index is 0.0977.